The summed E-state index contributed by atoms with van der Waals surface area (Å²) >= 11 is 0. The summed E-state index contributed by atoms with van der Waals surface area (Å²) in [4.78, 5) is 0. The highest BCUT2D eigenvalue weighted by molar-refractivity contribution is 4.61. The third-order valence-corrected chi connectivity index (χ3v) is 0.715. The second-order valence-corrected chi connectivity index (χ2v) is 1.73. The van der Waals surface area contributed by atoms with Crippen LogP contribution in [0, 0.1) is 0 Å². The zero-order valence-corrected chi connectivity index (χ0v) is 5.25. The van der Waals surface area contributed by atoms with Crippen LogP contribution < -0.4 is 0 Å². The van der Waals surface area contributed by atoms with Crippen LogP contribution in [0.5, 0.6) is 0 Å². The Balaban J connectivity index is 4.13. The molecule has 1 unspecified atom stereocenters. The third kappa shape index (κ3) is 4.07. The maximum atomic E-state index is 11.7. The topological polar surface area (TPSA) is 9.23 Å². The molecule has 0 aliphatic heterocycles. The Bertz CT molecular complexity index is 127. The van der Waals surface area contributed by atoms with Gasteiger partial charge in [-0.15, -0.1) is 13.2 Å². The molecule has 0 amide bonds. The van der Waals surface area contributed by atoms with Crippen molar-refractivity contribution in [1.29, 1.82) is 0 Å². The van der Waals surface area contributed by atoms with Crippen LogP contribution in [0.4, 0.5) is 26.3 Å². The summed E-state index contributed by atoms with van der Waals surface area (Å²) in [7, 11) is 0. The smallest absolute Gasteiger partial charge is 0.238 e. The maximum absolute atomic E-state index is 11.7. The Morgan fingerprint density at radius 2 is 1.45 bits per heavy atom. The van der Waals surface area contributed by atoms with E-state index in [2.05, 4.69) is 4.74 Å². The minimum atomic E-state index is -5.52. The van der Waals surface area contributed by atoms with Crippen molar-refractivity contribution in [3.8, 4) is 0 Å². The molecule has 0 radical (unpaired) electrons. The highest BCUT2D eigenvalue weighted by Crippen LogP contribution is 2.31. The lowest BCUT2D eigenvalue weighted by Crippen LogP contribution is -2.36. The second kappa shape index (κ2) is 2.88. The third-order valence-electron chi connectivity index (χ3n) is 0.715. The van der Waals surface area contributed by atoms with Crippen LogP contribution in [0.15, 0.2) is 0 Å². The van der Waals surface area contributed by atoms with Crippen molar-refractivity contribution >= 4 is 0 Å². The van der Waals surface area contributed by atoms with Crippen molar-refractivity contribution in [3.63, 3.8) is 0 Å². The molecule has 0 heterocycles. The molecule has 0 saturated heterocycles. The molecule has 0 rings (SSSR count). The fourth-order valence-electron chi connectivity index (χ4n) is 0.235. The van der Waals surface area contributed by atoms with Crippen LogP contribution in [0.1, 0.15) is 6.92 Å². The maximum Gasteiger partial charge on any atom is 0.527 e. The Morgan fingerprint density at radius 1 is 1.09 bits per heavy atom. The van der Waals surface area contributed by atoms with Gasteiger partial charge in [-0.25, -0.2) is 9.13 Å². The van der Waals surface area contributed by atoms with E-state index in [9.17, 15) is 26.3 Å². The van der Waals surface area contributed by atoms with Gasteiger partial charge in [-0.2, -0.15) is 8.78 Å². The first-order valence-corrected chi connectivity index (χ1v) is 2.44. The Hall–Kier alpha value is -0.460. The molecule has 68 valence electrons. The second-order valence-electron chi connectivity index (χ2n) is 1.73. The number of halogens is 6. The first-order chi connectivity index (χ1) is 4.65. The van der Waals surface area contributed by atoms with Gasteiger partial charge in [-0.05, 0) is 6.92 Å². The van der Waals surface area contributed by atoms with Gasteiger partial charge in [0.05, 0.1) is 0 Å². The summed E-state index contributed by atoms with van der Waals surface area (Å²) in [5.41, 5.74) is 0. The number of rotatable bonds is 2. The lowest BCUT2D eigenvalue weighted by Gasteiger charge is -2.18. The number of alkyl halides is 6. The molecule has 0 aliphatic rings. The van der Waals surface area contributed by atoms with Gasteiger partial charge in [0.2, 0.25) is 0 Å². The number of ether oxygens (including phenoxy) is 1. The van der Waals surface area contributed by atoms with Crippen LogP contribution in [-0.2, 0) is 4.74 Å². The first-order valence-electron chi connectivity index (χ1n) is 2.44. The van der Waals surface area contributed by atoms with Gasteiger partial charge in [0, 0.05) is 0 Å². The van der Waals surface area contributed by atoms with Gasteiger partial charge in [0.1, 0.15) is 0 Å². The van der Waals surface area contributed by atoms with Crippen molar-refractivity contribution in [2.24, 2.45) is 0 Å². The molecule has 0 saturated carbocycles. The fourth-order valence-corrected chi connectivity index (χ4v) is 0.235. The van der Waals surface area contributed by atoms with Crippen LogP contribution >= 0.6 is 0 Å². The lowest BCUT2D eigenvalue weighted by atomic mass is 10.4. The predicted octanol–water partition coefficient (Wildman–Crippen LogP) is 2.47. The van der Waals surface area contributed by atoms with Gasteiger partial charge < -0.3 is 0 Å². The summed E-state index contributed by atoms with van der Waals surface area (Å²) in [6, 6.07) is 0. The van der Waals surface area contributed by atoms with Gasteiger partial charge in [-0.3, -0.25) is 0 Å². The van der Waals surface area contributed by atoms with E-state index in [4.69, 9.17) is 0 Å². The Kier molecular flexibility index (Phi) is 2.76. The van der Waals surface area contributed by atoms with E-state index in [0.717, 1.165) is 0 Å². The van der Waals surface area contributed by atoms with Crippen molar-refractivity contribution in [2.75, 3.05) is 0 Å². The molecule has 7 heteroatoms. The molecule has 0 aromatic rings. The standard InChI is InChI=1S/C4H4F6O/c1-2(5)3(6,7)11-4(8,9)10/h2H,1H3. The monoisotopic (exact) mass is 182 g/mol. The summed E-state index contributed by atoms with van der Waals surface area (Å²) in [6.45, 7) is 0.270. The van der Waals surface area contributed by atoms with Crippen LogP contribution in [0.25, 0.3) is 0 Å². The molecule has 0 aromatic heterocycles. The summed E-state index contributed by atoms with van der Waals surface area (Å²) in [5, 5.41) is 0. The van der Waals surface area contributed by atoms with E-state index in [-0.39, 0.29) is 6.92 Å². The molecule has 0 spiro atoms. The van der Waals surface area contributed by atoms with Gasteiger partial charge in [0.15, 0.2) is 6.17 Å². The van der Waals surface area contributed by atoms with Gasteiger partial charge >= 0.3 is 12.5 Å². The van der Waals surface area contributed by atoms with Crippen molar-refractivity contribution in [3.05, 3.63) is 0 Å². The molecule has 0 aromatic carbocycles. The van der Waals surface area contributed by atoms with E-state index >= 15 is 0 Å². The summed E-state index contributed by atoms with van der Waals surface area (Å²) in [5.74, 6) is 0. The molecule has 11 heavy (non-hydrogen) atoms. The summed E-state index contributed by atoms with van der Waals surface area (Å²) in [6.07, 6.45) is -13.3. The van der Waals surface area contributed by atoms with E-state index in [0.29, 0.717) is 0 Å². The average molecular weight is 182 g/mol. The zero-order valence-electron chi connectivity index (χ0n) is 5.25. The minimum Gasteiger partial charge on any atom is -0.238 e. The van der Waals surface area contributed by atoms with Crippen molar-refractivity contribution in [2.45, 2.75) is 25.6 Å². The minimum absolute atomic E-state index is 0.270. The molecule has 1 atom stereocenters. The van der Waals surface area contributed by atoms with Crippen LogP contribution in [0.2, 0.25) is 0 Å². The largest absolute Gasteiger partial charge is 0.527 e. The van der Waals surface area contributed by atoms with Crippen molar-refractivity contribution in [1.82, 2.24) is 0 Å². The fraction of sp³-hybridized carbons (Fsp3) is 1.00. The lowest BCUT2D eigenvalue weighted by molar-refractivity contribution is -0.435. The van der Waals surface area contributed by atoms with E-state index in [1.807, 2.05) is 0 Å². The highest BCUT2D eigenvalue weighted by Gasteiger charge is 2.49. The molecule has 0 N–H and O–H groups in total. The summed E-state index contributed by atoms with van der Waals surface area (Å²) < 4.78 is 70.4. The Labute approximate surface area is 57.9 Å². The normalized spacial score (nSPS) is 16.6. The molecule has 0 fully saturated rings. The number of hydrogen-bond donors (Lipinski definition) is 0. The van der Waals surface area contributed by atoms with E-state index in [1.165, 1.54) is 0 Å². The van der Waals surface area contributed by atoms with Crippen molar-refractivity contribution < 1.29 is 31.1 Å². The van der Waals surface area contributed by atoms with E-state index < -0.39 is 18.6 Å². The van der Waals surface area contributed by atoms with Crippen LogP contribution in [0.3, 0.4) is 0 Å². The SMILES string of the molecule is CC(F)C(F)(F)OC(F)(F)F. The molecule has 0 aliphatic carbocycles. The van der Waals surface area contributed by atoms with Gasteiger partial charge in [0.25, 0.3) is 0 Å². The molecule has 0 bridgehead atoms. The quantitative estimate of drug-likeness (QED) is 0.596. The molecule has 1 nitrogen and oxygen atoms in total. The Morgan fingerprint density at radius 3 is 1.55 bits per heavy atom. The van der Waals surface area contributed by atoms with Gasteiger partial charge in [-0.1, -0.05) is 0 Å². The predicted molar refractivity (Wildman–Crippen MR) is 22.7 cm³/mol. The van der Waals surface area contributed by atoms with Crippen LogP contribution in [-0.4, -0.2) is 18.6 Å². The number of hydrogen-bond acceptors (Lipinski definition) is 1. The first kappa shape index (κ1) is 10.5. The average Bonchev–Trinajstić information content (AvgIpc) is 1.56. The highest BCUT2D eigenvalue weighted by atomic mass is 19.4. The molecular weight excluding hydrogens is 178 g/mol. The van der Waals surface area contributed by atoms with E-state index in [1.54, 1.807) is 0 Å². The molecular formula is C4H4F6O. The zero-order chi connectivity index (χ0) is 9.28.